The molecule has 0 spiro atoms. The molecule has 0 saturated heterocycles. The van der Waals surface area contributed by atoms with Crippen LogP contribution in [0.5, 0.6) is 0 Å². The van der Waals surface area contributed by atoms with Gasteiger partial charge in [0.2, 0.25) is 5.91 Å². The van der Waals surface area contributed by atoms with Crippen LogP contribution in [0.4, 0.5) is 10.9 Å². The second-order valence-corrected chi connectivity index (χ2v) is 4.70. The molecule has 0 aromatic carbocycles. The number of rotatable bonds is 5. The molecule has 19 heavy (non-hydrogen) atoms. The molecule has 1 amide bonds. The largest absolute Gasteiger partial charge is 0.316 e. The van der Waals surface area contributed by atoms with Gasteiger partial charge in [-0.05, 0) is 19.1 Å². The maximum absolute atomic E-state index is 11.3. The van der Waals surface area contributed by atoms with Gasteiger partial charge in [0.1, 0.15) is 5.82 Å². The third-order valence-corrected chi connectivity index (χ3v) is 3.04. The van der Waals surface area contributed by atoms with E-state index in [2.05, 4.69) is 25.6 Å². The van der Waals surface area contributed by atoms with Crippen LogP contribution in [0.1, 0.15) is 11.4 Å². The lowest BCUT2D eigenvalue weighted by Crippen LogP contribution is -2.23. The summed E-state index contributed by atoms with van der Waals surface area (Å²) >= 11 is 1.43. The Labute approximate surface area is 114 Å². The van der Waals surface area contributed by atoms with Crippen LogP contribution in [0.25, 0.3) is 0 Å². The number of carbonyl (C=O) groups excluding carboxylic acids is 1. The summed E-state index contributed by atoms with van der Waals surface area (Å²) in [5, 5.41) is 5.64. The number of thiazole rings is 1. The lowest BCUT2D eigenvalue weighted by atomic mass is 10.3. The quantitative estimate of drug-likeness (QED) is 0.816. The molecule has 2 rings (SSSR count). The second-order valence-electron chi connectivity index (χ2n) is 3.84. The van der Waals surface area contributed by atoms with E-state index in [0.29, 0.717) is 10.8 Å². The van der Waals surface area contributed by atoms with E-state index in [-0.39, 0.29) is 12.3 Å². The first kappa shape index (κ1) is 13.4. The van der Waals surface area contributed by atoms with Gasteiger partial charge >= 0.3 is 0 Å². The highest BCUT2D eigenvalue weighted by Gasteiger charge is 2.07. The van der Waals surface area contributed by atoms with Crippen molar-refractivity contribution in [1.82, 2.24) is 15.4 Å². The Kier molecular flexibility index (Phi) is 4.43. The van der Waals surface area contributed by atoms with E-state index in [1.165, 1.54) is 18.4 Å². The number of aryl methyl sites for hydroxylation is 1. The van der Waals surface area contributed by atoms with Crippen molar-refractivity contribution in [3.05, 3.63) is 35.0 Å². The van der Waals surface area contributed by atoms with Crippen LogP contribution >= 0.6 is 11.3 Å². The van der Waals surface area contributed by atoms with Gasteiger partial charge in [0.05, 0.1) is 19.2 Å². The van der Waals surface area contributed by atoms with Crippen LogP contribution in [0.15, 0.2) is 23.6 Å². The molecule has 2 aromatic rings. The van der Waals surface area contributed by atoms with Crippen LogP contribution < -0.4 is 10.8 Å². The molecule has 0 radical (unpaired) electrons. The minimum absolute atomic E-state index is 0.188. The average molecular weight is 278 g/mol. The van der Waals surface area contributed by atoms with E-state index >= 15 is 0 Å². The van der Waals surface area contributed by atoms with Gasteiger partial charge in [-0.1, -0.05) is 6.07 Å². The third kappa shape index (κ3) is 4.01. The Morgan fingerprint density at radius 2 is 2.26 bits per heavy atom. The summed E-state index contributed by atoms with van der Waals surface area (Å²) in [6, 6.07) is 5.71. The Balaban J connectivity index is 1.99. The number of nitrogens with one attached hydrogen (secondary N) is 2. The molecule has 2 N–H and O–H groups in total. The summed E-state index contributed by atoms with van der Waals surface area (Å²) in [5.74, 6) is 0.510. The summed E-state index contributed by atoms with van der Waals surface area (Å²) in [6.45, 7) is 1.92. The van der Waals surface area contributed by atoms with Gasteiger partial charge in [-0.25, -0.2) is 15.4 Å². The average Bonchev–Trinajstić information content (AvgIpc) is 2.76. The molecule has 100 valence electrons. The van der Waals surface area contributed by atoms with Crippen molar-refractivity contribution >= 4 is 28.2 Å². The first-order valence-electron chi connectivity index (χ1n) is 5.64. The first-order valence-corrected chi connectivity index (χ1v) is 6.52. The zero-order chi connectivity index (χ0) is 13.7. The van der Waals surface area contributed by atoms with Crippen molar-refractivity contribution in [3.63, 3.8) is 0 Å². The van der Waals surface area contributed by atoms with Gasteiger partial charge in [-0.2, -0.15) is 0 Å². The normalized spacial score (nSPS) is 10.2. The van der Waals surface area contributed by atoms with E-state index in [4.69, 9.17) is 0 Å². The molecular weight excluding hydrogens is 264 g/mol. The van der Waals surface area contributed by atoms with E-state index in [1.54, 1.807) is 0 Å². The predicted molar refractivity (Wildman–Crippen MR) is 73.2 cm³/mol. The Morgan fingerprint density at radius 1 is 1.42 bits per heavy atom. The number of amides is 1. The zero-order valence-electron chi connectivity index (χ0n) is 10.6. The number of hydroxylamine groups is 1. The van der Waals surface area contributed by atoms with Crippen molar-refractivity contribution in [2.45, 2.75) is 13.3 Å². The number of nitrogens with zero attached hydrogens (tertiary/aromatic N) is 2. The van der Waals surface area contributed by atoms with E-state index in [1.807, 2.05) is 30.5 Å². The van der Waals surface area contributed by atoms with Crippen LogP contribution in [0.3, 0.4) is 0 Å². The van der Waals surface area contributed by atoms with Crippen molar-refractivity contribution in [1.29, 1.82) is 0 Å². The Hall–Kier alpha value is -1.99. The van der Waals surface area contributed by atoms with Crippen LogP contribution in [0, 0.1) is 6.92 Å². The highest BCUT2D eigenvalue weighted by Crippen LogP contribution is 2.20. The summed E-state index contributed by atoms with van der Waals surface area (Å²) < 4.78 is 0. The fourth-order valence-corrected chi connectivity index (χ4v) is 2.20. The molecule has 0 bridgehead atoms. The third-order valence-electron chi connectivity index (χ3n) is 2.23. The predicted octanol–water partition coefficient (Wildman–Crippen LogP) is 1.81. The molecule has 0 fully saturated rings. The summed E-state index contributed by atoms with van der Waals surface area (Å²) in [6.07, 6.45) is 0.188. The van der Waals surface area contributed by atoms with Gasteiger partial charge in [-0.15, -0.1) is 11.3 Å². The maximum atomic E-state index is 11.3. The zero-order valence-corrected chi connectivity index (χ0v) is 11.5. The molecule has 0 atom stereocenters. The van der Waals surface area contributed by atoms with Gasteiger partial charge in [-0.3, -0.25) is 9.63 Å². The summed E-state index contributed by atoms with van der Waals surface area (Å²) in [7, 11) is 1.40. The number of hydrogen-bond acceptors (Lipinski definition) is 6. The van der Waals surface area contributed by atoms with E-state index in [9.17, 15) is 4.79 Å². The summed E-state index contributed by atoms with van der Waals surface area (Å²) in [5.41, 5.74) is 3.87. The smallest absolute Gasteiger partial charge is 0.249 e. The van der Waals surface area contributed by atoms with Crippen molar-refractivity contribution in [3.8, 4) is 0 Å². The highest BCUT2D eigenvalue weighted by atomic mass is 32.1. The molecule has 7 heteroatoms. The highest BCUT2D eigenvalue weighted by molar-refractivity contribution is 7.13. The maximum Gasteiger partial charge on any atom is 0.249 e. The molecular formula is C12H14N4O2S. The number of anilines is 2. The lowest BCUT2D eigenvalue weighted by molar-refractivity contribution is -0.130. The molecule has 0 unspecified atom stereocenters. The van der Waals surface area contributed by atoms with Gasteiger partial charge in [0.15, 0.2) is 5.13 Å². The first-order chi connectivity index (χ1) is 9.17. The monoisotopic (exact) mass is 278 g/mol. The molecule has 2 aromatic heterocycles. The fraction of sp³-hybridized carbons (Fsp3) is 0.250. The Bertz CT molecular complexity index is 570. The minimum Gasteiger partial charge on any atom is -0.316 e. The van der Waals surface area contributed by atoms with Crippen LogP contribution in [-0.2, 0) is 16.1 Å². The summed E-state index contributed by atoms with van der Waals surface area (Å²) in [4.78, 5) is 24.5. The molecule has 0 saturated carbocycles. The molecule has 2 heterocycles. The molecule has 6 nitrogen and oxygen atoms in total. The molecule has 0 aliphatic rings. The van der Waals surface area contributed by atoms with Crippen LogP contribution in [-0.4, -0.2) is 23.0 Å². The SMILES string of the molecule is CONC(=O)Cc1csc(Nc2cccc(C)n2)n1. The fourth-order valence-electron chi connectivity index (χ4n) is 1.48. The Morgan fingerprint density at radius 3 is 3.00 bits per heavy atom. The number of pyridine rings is 1. The van der Waals surface area contributed by atoms with Gasteiger partial charge in [0.25, 0.3) is 0 Å². The minimum atomic E-state index is -0.229. The molecule has 0 aliphatic heterocycles. The van der Waals surface area contributed by atoms with Crippen molar-refractivity contribution < 1.29 is 9.63 Å². The van der Waals surface area contributed by atoms with Crippen LogP contribution in [0.2, 0.25) is 0 Å². The van der Waals surface area contributed by atoms with Crippen molar-refractivity contribution in [2.24, 2.45) is 0 Å². The van der Waals surface area contributed by atoms with Crippen molar-refractivity contribution in [2.75, 3.05) is 12.4 Å². The number of carbonyl (C=O) groups is 1. The second kappa shape index (κ2) is 6.26. The standard InChI is InChI=1S/C12H14N4O2S/c1-8-4-3-5-10(13-8)15-12-14-9(7-19-12)6-11(17)16-18-2/h3-5,7H,6H2,1-2H3,(H,16,17)(H,13,14,15). The van der Waals surface area contributed by atoms with Gasteiger partial charge < -0.3 is 5.32 Å². The topological polar surface area (TPSA) is 76.1 Å². The number of hydrogen-bond donors (Lipinski definition) is 2. The van der Waals surface area contributed by atoms with E-state index in [0.717, 1.165) is 11.5 Å². The lowest BCUT2D eigenvalue weighted by Gasteiger charge is -2.02. The molecule has 0 aliphatic carbocycles. The number of aromatic nitrogens is 2. The van der Waals surface area contributed by atoms with E-state index < -0.39 is 0 Å². The van der Waals surface area contributed by atoms with Gasteiger partial charge in [0, 0.05) is 11.1 Å².